The van der Waals surface area contributed by atoms with Gasteiger partial charge in [0.2, 0.25) is 0 Å². The van der Waals surface area contributed by atoms with Crippen molar-refractivity contribution in [3.05, 3.63) is 206 Å². The van der Waals surface area contributed by atoms with Crippen LogP contribution in [-0.2, 0) is 0 Å². The lowest BCUT2D eigenvalue weighted by Gasteiger charge is -2.15. The van der Waals surface area contributed by atoms with Crippen molar-refractivity contribution in [2.45, 2.75) is 0 Å². The Morgan fingerprint density at radius 2 is 0.855 bits per heavy atom. The van der Waals surface area contributed by atoms with Crippen molar-refractivity contribution < 1.29 is 0 Å². The van der Waals surface area contributed by atoms with Crippen LogP contribution in [0.4, 0.5) is 0 Å². The van der Waals surface area contributed by atoms with Gasteiger partial charge in [-0.3, -0.25) is 0 Å². The molecule has 7 aromatic carbocycles. The van der Waals surface area contributed by atoms with E-state index in [4.69, 9.17) is 15.1 Å². The Hall–Kier alpha value is -7.43. The minimum Gasteiger partial charge on any atom is -0.231 e. The van der Waals surface area contributed by atoms with Gasteiger partial charge in [-0.05, 0) is 40.3 Å². The van der Waals surface area contributed by atoms with E-state index in [9.17, 15) is 0 Å². The summed E-state index contributed by atoms with van der Waals surface area (Å²) in [5.74, 6) is 0.680. The molecule has 0 aliphatic heterocycles. The molecule has 3 heterocycles. The summed E-state index contributed by atoms with van der Waals surface area (Å²) in [6, 6.07) is 72.0. The van der Waals surface area contributed by atoms with Crippen molar-refractivity contribution in [1.29, 1.82) is 0 Å². The van der Waals surface area contributed by atoms with Gasteiger partial charge in [0.05, 0.1) is 22.6 Å². The molecule has 0 unspecified atom stereocenters. The number of benzene rings is 7. The van der Waals surface area contributed by atoms with Gasteiger partial charge in [-0.1, -0.05) is 188 Å². The summed E-state index contributed by atoms with van der Waals surface area (Å²) in [6.45, 7) is 0. The summed E-state index contributed by atoms with van der Waals surface area (Å²) in [4.78, 5) is 10.3. The van der Waals surface area contributed by atoms with Crippen molar-refractivity contribution >= 4 is 16.3 Å². The fourth-order valence-electron chi connectivity index (χ4n) is 7.63. The third kappa shape index (κ3) is 5.96. The van der Waals surface area contributed by atoms with Crippen LogP contribution in [0, 0.1) is 0 Å². The predicted molar refractivity (Wildman–Crippen MR) is 226 cm³/mol. The van der Waals surface area contributed by atoms with Crippen LogP contribution < -0.4 is 0 Å². The van der Waals surface area contributed by atoms with Crippen molar-refractivity contribution in [3.8, 4) is 78.7 Å². The minimum absolute atomic E-state index is 0.680. The molecule has 0 fully saturated rings. The van der Waals surface area contributed by atoms with Gasteiger partial charge in [0.15, 0.2) is 5.82 Å². The van der Waals surface area contributed by atoms with Crippen LogP contribution in [0.25, 0.3) is 95.0 Å². The Kier molecular flexibility index (Phi) is 8.12. The van der Waals surface area contributed by atoms with Crippen LogP contribution >= 0.6 is 0 Å². The third-order valence-electron chi connectivity index (χ3n) is 10.2. The standard InChI is InChI=1S/C51H34N4/c1-6-18-35(19-7-1)44-34-45(36-20-8-2-9-21-36)53-51(52-44)42-30-16-28-40(32-42)43-31-17-29-41-33-46(37-22-10-3-11-23-37)55-50(47(41)43)48(38-24-12-4-13-25-38)49(54-55)39-26-14-5-15-27-39/h1-34H. The molecule has 10 aromatic rings. The van der Waals surface area contributed by atoms with E-state index < -0.39 is 0 Å². The molecule has 10 rings (SSSR count). The smallest absolute Gasteiger partial charge is 0.160 e. The molecule has 4 nitrogen and oxygen atoms in total. The van der Waals surface area contributed by atoms with Gasteiger partial charge in [0, 0.05) is 38.8 Å². The average Bonchev–Trinajstić information content (AvgIpc) is 3.68. The molecule has 0 aliphatic rings. The fourth-order valence-corrected chi connectivity index (χ4v) is 7.63. The van der Waals surface area contributed by atoms with Crippen molar-refractivity contribution in [2.24, 2.45) is 0 Å². The van der Waals surface area contributed by atoms with Crippen LogP contribution in [0.5, 0.6) is 0 Å². The van der Waals surface area contributed by atoms with E-state index >= 15 is 0 Å². The molecule has 0 atom stereocenters. The largest absolute Gasteiger partial charge is 0.231 e. The third-order valence-corrected chi connectivity index (χ3v) is 10.2. The van der Waals surface area contributed by atoms with Crippen LogP contribution in [0.1, 0.15) is 0 Å². The Morgan fingerprint density at radius 1 is 0.364 bits per heavy atom. The Morgan fingerprint density at radius 3 is 1.45 bits per heavy atom. The van der Waals surface area contributed by atoms with Crippen molar-refractivity contribution in [1.82, 2.24) is 19.6 Å². The zero-order valence-electron chi connectivity index (χ0n) is 29.9. The van der Waals surface area contributed by atoms with Gasteiger partial charge >= 0.3 is 0 Å². The van der Waals surface area contributed by atoms with E-state index in [1.807, 2.05) is 36.4 Å². The summed E-state index contributed by atoms with van der Waals surface area (Å²) < 4.78 is 2.16. The van der Waals surface area contributed by atoms with Gasteiger partial charge in [-0.15, -0.1) is 0 Å². The first-order valence-electron chi connectivity index (χ1n) is 18.5. The van der Waals surface area contributed by atoms with Crippen LogP contribution in [-0.4, -0.2) is 19.6 Å². The maximum Gasteiger partial charge on any atom is 0.160 e. The topological polar surface area (TPSA) is 43.1 Å². The maximum absolute atomic E-state index is 5.46. The van der Waals surface area contributed by atoms with Gasteiger partial charge in [-0.25, -0.2) is 14.5 Å². The van der Waals surface area contributed by atoms with E-state index in [0.29, 0.717) is 5.82 Å². The number of nitrogens with zero attached hydrogens (tertiary/aromatic N) is 4. The van der Waals surface area contributed by atoms with Crippen LogP contribution in [0.15, 0.2) is 206 Å². The SMILES string of the molecule is c1ccc(-c2cc(-c3ccccc3)nc(-c3cccc(-c4cccc5cc(-c6ccccc6)n6nc(-c7ccccc7)c(-c7ccccc7)c6c45)c3)n2)cc1. The van der Waals surface area contributed by atoms with Gasteiger partial charge in [0.25, 0.3) is 0 Å². The molecule has 0 radical (unpaired) electrons. The molecule has 55 heavy (non-hydrogen) atoms. The summed E-state index contributed by atoms with van der Waals surface area (Å²) in [5.41, 5.74) is 14.4. The molecule has 0 spiro atoms. The number of hydrogen-bond donors (Lipinski definition) is 0. The number of hydrogen-bond acceptors (Lipinski definition) is 3. The summed E-state index contributed by atoms with van der Waals surface area (Å²) >= 11 is 0. The molecule has 3 aromatic heterocycles. The second kappa shape index (κ2) is 13.8. The highest BCUT2D eigenvalue weighted by molar-refractivity contribution is 6.14. The quantitative estimate of drug-likeness (QED) is 0.166. The molecular weight excluding hydrogens is 669 g/mol. The first-order chi connectivity index (χ1) is 27.3. The Bertz CT molecular complexity index is 2880. The zero-order valence-corrected chi connectivity index (χ0v) is 29.9. The van der Waals surface area contributed by atoms with E-state index in [1.165, 1.54) is 0 Å². The van der Waals surface area contributed by atoms with E-state index in [1.54, 1.807) is 0 Å². The predicted octanol–water partition coefficient (Wildman–Crippen LogP) is 12.9. The van der Waals surface area contributed by atoms with Gasteiger partial charge in [-0.2, -0.15) is 5.10 Å². The summed E-state index contributed by atoms with van der Waals surface area (Å²) in [7, 11) is 0. The normalized spacial score (nSPS) is 11.3. The first kappa shape index (κ1) is 32.2. The first-order valence-corrected chi connectivity index (χ1v) is 18.5. The molecule has 258 valence electrons. The van der Waals surface area contributed by atoms with Gasteiger partial charge < -0.3 is 0 Å². The second-order valence-corrected chi connectivity index (χ2v) is 13.7. The molecule has 4 heteroatoms. The second-order valence-electron chi connectivity index (χ2n) is 13.7. The Labute approximate surface area is 319 Å². The lowest BCUT2D eigenvalue weighted by atomic mass is 9.92. The maximum atomic E-state index is 5.46. The van der Waals surface area contributed by atoms with Crippen LogP contribution in [0.2, 0.25) is 0 Å². The van der Waals surface area contributed by atoms with Gasteiger partial charge in [0.1, 0.15) is 5.69 Å². The van der Waals surface area contributed by atoms with Crippen LogP contribution in [0.3, 0.4) is 0 Å². The van der Waals surface area contributed by atoms with E-state index in [0.717, 1.165) is 89.1 Å². The lowest BCUT2D eigenvalue weighted by molar-refractivity contribution is 0.980. The average molecular weight is 703 g/mol. The minimum atomic E-state index is 0.680. The zero-order chi connectivity index (χ0) is 36.6. The highest BCUT2D eigenvalue weighted by Crippen LogP contribution is 2.44. The number of pyridine rings is 1. The molecule has 0 bridgehead atoms. The lowest BCUT2D eigenvalue weighted by Crippen LogP contribution is -1.97. The number of fused-ring (bicyclic) bond motifs is 3. The fraction of sp³-hybridized carbons (Fsp3) is 0. The summed E-state index contributed by atoms with van der Waals surface area (Å²) in [5, 5.41) is 7.73. The van der Waals surface area contributed by atoms with Crippen molar-refractivity contribution in [2.75, 3.05) is 0 Å². The molecular formula is C51H34N4. The van der Waals surface area contributed by atoms with E-state index in [-0.39, 0.29) is 0 Å². The molecule has 0 N–H and O–H groups in total. The van der Waals surface area contributed by atoms with Crippen molar-refractivity contribution in [3.63, 3.8) is 0 Å². The molecule has 0 saturated heterocycles. The molecule has 0 amide bonds. The summed E-state index contributed by atoms with van der Waals surface area (Å²) in [6.07, 6.45) is 0. The highest BCUT2D eigenvalue weighted by atomic mass is 15.2. The Balaban J connectivity index is 1.24. The highest BCUT2D eigenvalue weighted by Gasteiger charge is 2.23. The number of aromatic nitrogens is 4. The van der Waals surface area contributed by atoms with E-state index in [2.05, 4.69) is 174 Å². The monoisotopic (exact) mass is 702 g/mol. The molecule has 0 aliphatic carbocycles. The molecule has 0 saturated carbocycles. The number of rotatable bonds is 7.